The summed E-state index contributed by atoms with van der Waals surface area (Å²) in [5.74, 6) is -2.07. The monoisotopic (exact) mass is 579 g/mol. The third kappa shape index (κ3) is 5.54. The van der Waals surface area contributed by atoms with E-state index in [9.17, 15) is 23.6 Å². The van der Waals surface area contributed by atoms with Crippen molar-refractivity contribution >= 4 is 34.9 Å². The van der Waals surface area contributed by atoms with Gasteiger partial charge in [0, 0.05) is 18.3 Å². The Kier molecular flexibility index (Phi) is 7.33. The number of carbonyl (C=O) groups is 4. The van der Waals surface area contributed by atoms with Crippen LogP contribution >= 0.6 is 0 Å². The zero-order valence-electron chi connectivity index (χ0n) is 23.1. The van der Waals surface area contributed by atoms with Gasteiger partial charge in [-0.1, -0.05) is 54.1 Å². The average molecular weight is 580 g/mol. The van der Waals surface area contributed by atoms with Crippen molar-refractivity contribution in [3.8, 4) is 11.5 Å². The summed E-state index contributed by atoms with van der Waals surface area (Å²) >= 11 is 0. The Morgan fingerprint density at radius 1 is 0.930 bits per heavy atom. The number of ether oxygens (including phenoxy) is 2. The molecule has 0 radical (unpaired) electrons. The average Bonchev–Trinajstić information content (AvgIpc) is 3.57. The quantitative estimate of drug-likeness (QED) is 0.301. The van der Waals surface area contributed by atoms with Crippen molar-refractivity contribution in [1.82, 2.24) is 4.90 Å². The molecule has 10 heteroatoms. The molecule has 0 saturated carbocycles. The number of ketones is 1. The molecule has 0 aliphatic carbocycles. The van der Waals surface area contributed by atoms with Crippen molar-refractivity contribution in [3.05, 3.63) is 119 Å². The summed E-state index contributed by atoms with van der Waals surface area (Å²) in [6.45, 7) is 1.41. The van der Waals surface area contributed by atoms with Crippen LogP contribution in [0.15, 0.2) is 91.0 Å². The van der Waals surface area contributed by atoms with Gasteiger partial charge in [-0.25, -0.2) is 4.39 Å². The molecule has 0 saturated heterocycles. The van der Waals surface area contributed by atoms with Crippen LogP contribution in [0.4, 0.5) is 15.8 Å². The summed E-state index contributed by atoms with van der Waals surface area (Å²) < 4.78 is 24.6. The Morgan fingerprint density at radius 2 is 1.65 bits per heavy atom. The maximum Gasteiger partial charge on any atom is 0.299 e. The fourth-order valence-electron chi connectivity index (χ4n) is 5.15. The van der Waals surface area contributed by atoms with Gasteiger partial charge in [-0.3, -0.25) is 24.1 Å². The number of benzene rings is 4. The number of aryl methyl sites for hydroxylation is 1. The van der Waals surface area contributed by atoms with E-state index in [4.69, 9.17) is 9.47 Å². The molecular formula is C33H26FN3O6. The minimum Gasteiger partial charge on any atom is -0.454 e. The zero-order valence-corrected chi connectivity index (χ0v) is 23.1. The molecule has 2 heterocycles. The number of nitrogens with zero attached hydrogens (tertiary/aromatic N) is 2. The van der Waals surface area contributed by atoms with Gasteiger partial charge in [0.25, 0.3) is 17.6 Å². The maximum atomic E-state index is 14.2. The molecule has 9 nitrogen and oxygen atoms in total. The molecule has 216 valence electrons. The van der Waals surface area contributed by atoms with Crippen LogP contribution in [0.5, 0.6) is 11.5 Å². The third-order valence-corrected chi connectivity index (χ3v) is 7.35. The zero-order chi connectivity index (χ0) is 30.1. The number of rotatable bonds is 8. The lowest BCUT2D eigenvalue weighted by atomic mass is 10.0. The van der Waals surface area contributed by atoms with E-state index < -0.39 is 41.9 Å². The number of fused-ring (bicyclic) bond motifs is 2. The number of anilines is 2. The molecule has 4 aromatic carbocycles. The summed E-state index contributed by atoms with van der Waals surface area (Å²) in [6.07, 6.45) is 0. The smallest absolute Gasteiger partial charge is 0.299 e. The highest BCUT2D eigenvalue weighted by Gasteiger charge is 2.39. The number of halogens is 1. The fourth-order valence-corrected chi connectivity index (χ4v) is 5.15. The van der Waals surface area contributed by atoms with Crippen molar-refractivity contribution in [3.63, 3.8) is 0 Å². The molecule has 0 fully saturated rings. The molecule has 4 aromatic rings. The summed E-state index contributed by atoms with van der Waals surface area (Å²) in [5.41, 5.74) is 2.99. The summed E-state index contributed by atoms with van der Waals surface area (Å²) in [4.78, 5) is 56.2. The number of carbonyl (C=O) groups excluding carboxylic acids is 4. The topological polar surface area (TPSA) is 105 Å². The largest absolute Gasteiger partial charge is 0.454 e. The number of nitrogens with one attached hydrogen (secondary N) is 1. The highest BCUT2D eigenvalue weighted by molar-refractivity contribution is 6.52. The van der Waals surface area contributed by atoms with Crippen LogP contribution in [0.3, 0.4) is 0 Å². The van der Waals surface area contributed by atoms with Crippen molar-refractivity contribution in [2.24, 2.45) is 0 Å². The van der Waals surface area contributed by atoms with Gasteiger partial charge in [-0.15, -0.1) is 0 Å². The molecule has 0 aromatic heterocycles. The first-order chi connectivity index (χ1) is 20.8. The van der Waals surface area contributed by atoms with Crippen molar-refractivity contribution in [2.75, 3.05) is 23.6 Å². The lowest BCUT2D eigenvalue weighted by molar-refractivity contribution is -0.139. The van der Waals surface area contributed by atoms with E-state index in [0.717, 1.165) is 10.5 Å². The van der Waals surface area contributed by atoms with Gasteiger partial charge < -0.3 is 19.7 Å². The summed E-state index contributed by atoms with van der Waals surface area (Å²) in [5, 5.41) is 2.88. The van der Waals surface area contributed by atoms with E-state index in [1.165, 1.54) is 35.2 Å². The summed E-state index contributed by atoms with van der Waals surface area (Å²) in [7, 11) is 0. The van der Waals surface area contributed by atoms with E-state index in [-0.39, 0.29) is 18.9 Å². The second-order valence-electron chi connectivity index (χ2n) is 10.3. The molecule has 0 bridgehead atoms. The van der Waals surface area contributed by atoms with Crippen LogP contribution in [0.25, 0.3) is 0 Å². The Morgan fingerprint density at radius 3 is 2.42 bits per heavy atom. The number of hydrogen-bond donors (Lipinski definition) is 1. The van der Waals surface area contributed by atoms with E-state index in [0.29, 0.717) is 34.0 Å². The first-order valence-electron chi connectivity index (χ1n) is 13.5. The van der Waals surface area contributed by atoms with Gasteiger partial charge in [0.15, 0.2) is 11.5 Å². The SMILES string of the molecule is Cc1ccc(C(C(=O)Nc2ccc3c(c2)OCO3)N(Cc2ccc(F)cc2)C(=O)CN2C(=O)C(=O)c3ccccc32)cc1. The van der Waals surface area contributed by atoms with Crippen LogP contribution in [0, 0.1) is 12.7 Å². The van der Waals surface area contributed by atoms with Gasteiger partial charge in [0.1, 0.15) is 18.4 Å². The minimum absolute atomic E-state index is 0.0690. The maximum absolute atomic E-state index is 14.2. The van der Waals surface area contributed by atoms with Crippen LogP contribution in [-0.4, -0.2) is 41.7 Å². The summed E-state index contributed by atoms with van der Waals surface area (Å²) in [6, 6.07) is 23.0. The fraction of sp³-hybridized carbons (Fsp3) is 0.152. The number of hydrogen-bond acceptors (Lipinski definition) is 6. The third-order valence-electron chi connectivity index (χ3n) is 7.35. The molecule has 43 heavy (non-hydrogen) atoms. The molecular weight excluding hydrogens is 553 g/mol. The van der Waals surface area contributed by atoms with Crippen LogP contribution in [0.2, 0.25) is 0 Å². The van der Waals surface area contributed by atoms with Gasteiger partial charge in [-0.05, 0) is 54.4 Å². The van der Waals surface area contributed by atoms with E-state index >= 15 is 0 Å². The molecule has 1 unspecified atom stereocenters. The lowest BCUT2D eigenvalue weighted by Gasteiger charge is -2.33. The van der Waals surface area contributed by atoms with Gasteiger partial charge in [0.05, 0.1) is 11.3 Å². The van der Waals surface area contributed by atoms with Gasteiger partial charge in [0.2, 0.25) is 12.7 Å². The molecule has 6 rings (SSSR count). The minimum atomic E-state index is -1.16. The normalized spacial score (nSPS) is 14.0. The second-order valence-corrected chi connectivity index (χ2v) is 10.3. The molecule has 1 atom stereocenters. The highest BCUT2D eigenvalue weighted by atomic mass is 19.1. The van der Waals surface area contributed by atoms with Crippen molar-refractivity contribution in [2.45, 2.75) is 19.5 Å². The molecule has 2 aliphatic rings. The molecule has 1 N–H and O–H groups in total. The number of amides is 3. The van der Waals surface area contributed by atoms with Crippen molar-refractivity contribution in [1.29, 1.82) is 0 Å². The highest BCUT2D eigenvalue weighted by Crippen LogP contribution is 2.35. The van der Waals surface area contributed by atoms with E-state index in [2.05, 4.69) is 5.32 Å². The lowest BCUT2D eigenvalue weighted by Crippen LogP contribution is -2.46. The Labute approximate surface area is 246 Å². The second kappa shape index (κ2) is 11.4. The van der Waals surface area contributed by atoms with Crippen molar-refractivity contribution < 1.29 is 33.0 Å². The standard InChI is InChI=1S/C33H26FN3O6/c1-20-6-10-22(11-7-20)30(32(40)35-24-14-15-27-28(16-24)43-19-42-27)37(17-21-8-12-23(34)13-9-21)29(38)18-36-26-5-3-2-4-25(26)31(39)33(36)41/h2-16,30H,17-19H2,1H3,(H,35,40). The predicted octanol–water partition coefficient (Wildman–Crippen LogP) is 4.80. The van der Waals surface area contributed by atoms with Crippen LogP contribution in [0.1, 0.15) is 33.1 Å². The van der Waals surface area contributed by atoms with Crippen LogP contribution < -0.4 is 19.7 Å². The van der Waals surface area contributed by atoms with Gasteiger partial charge >= 0.3 is 0 Å². The first-order valence-corrected chi connectivity index (χ1v) is 13.5. The number of para-hydroxylation sites is 1. The molecule has 3 amide bonds. The first kappa shape index (κ1) is 27.6. The van der Waals surface area contributed by atoms with Gasteiger partial charge in [-0.2, -0.15) is 0 Å². The Bertz CT molecular complexity index is 1740. The van der Waals surface area contributed by atoms with E-state index in [1.807, 2.05) is 19.1 Å². The molecule has 2 aliphatic heterocycles. The molecule has 0 spiro atoms. The Balaban J connectivity index is 1.38. The van der Waals surface area contributed by atoms with E-state index in [1.54, 1.807) is 48.5 Å². The predicted molar refractivity (Wildman–Crippen MR) is 155 cm³/mol. The number of Topliss-reactive ketones (excluding diaryl/α,β-unsaturated/α-hetero) is 1. The van der Waals surface area contributed by atoms with Crippen LogP contribution in [-0.2, 0) is 20.9 Å². The Hall–Kier alpha value is -5.51.